The van der Waals surface area contributed by atoms with Gasteiger partial charge in [-0.2, -0.15) is 0 Å². The molecule has 3 saturated carbocycles. The maximum Gasteiger partial charge on any atom is 0.0174 e. The Morgan fingerprint density at radius 1 is 1.14 bits per heavy atom. The number of hydrogen-bond donors (Lipinski definition) is 0. The minimum Gasteiger partial charge on any atom is -0.0625 e. The molecule has 0 saturated heterocycles. The molecule has 2 bridgehead atoms. The van der Waals surface area contributed by atoms with E-state index in [4.69, 9.17) is 0 Å². The molecule has 0 radical (unpaired) electrons. The van der Waals surface area contributed by atoms with Gasteiger partial charge >= 0.3 is 0 Å². The van der Waals surface area contributed by atoms with Crippen molar-refractivity contribution >= 4 is 0 Å². The molecule has 0 aromatic rings. The minimum absolute atomic E-state index is 0.803. The molecule has 0 nitrogen and oxygen atoms in total. The third-order valence-corrected chi connectivity index (χ3v) is 6.47. The summed E-state index contributed by atoms with van der Waals surface area (Å²) in [7, 11) is 0. The standard InChI is InChI=1S/C14H18/c1-8-2-3-10-13-5-4-9(7-13)11-12(13)14(10,11)6-8/h8-10H,2-7H2,1H3. The Morgan fingerprint density at radius 2 is 2.07 bits per heavy atom. The Bertz CT molecular complexity index is 383. The van der Waals surface area contributed by atoms with Crippen LogP contribution in [0.15, 0.2) is 11.1 Å². The van der Waals surface area contributed by atoms with Crippen LogP contribution in [0.3, 0.4) is 0 Å². The first-order valence-electron chi connectivity index (χ1n) is 6.55. The highest BCUT2D eigenvalue weighted by Gasteiger charge is 2.84. The van der Waals surface area contributed by atoms with E-state index in [1.54, 1.807) is 32.1 Å². The van der Waals surface area contributed by atoms with E-state index in [0.717, 1.165) is 28.6 Å². The Balaban J connectivity index is 1.67. The van der Waals surface area contributed by atoms with Crippen molar-refractivity contribution in [3.05, 3.63) is 11.1 Å². The van der Waals surface area contributed by atoms with Gasteiger partial charge in [0.2, 0.25) is 0 Å². The first kappa shape index (κ1) is 7.09. The third kappa shape index (κ3) is 0.421. The van der Waals surface area contributed by atoms with Crippen LogP contribution >= 0.6 is 0 Å². The molecule has 2 spiro atoms. The Hall–Kier alpha value is -0.260. The smallest absolute Gasteiger partial charge is 0.0174 e. The molecule has 5 atom stereocenters. The first-order chi connectivity index (χ1) is 6.79. The predicted molar refractivity (Wildman–Crippen MR) is 55.7 cm³/mol. The second-order valence-electron chi connectivity index (χ2n) is 6.80. The quantitative estimate of drug-likeness (QED) is 0.508. The Labute approximate surface area is 85.8 Å². The van der Waals surface area contributed by atoms with E-state index in [1.165, 1.54) is 6.42 Å². The van der Waals surface area contributed by atoms with Crippen LogP contribution in [-0.2, 0) is 0 Å². The topological polar surface area (TPSA) is 0 Å². The molecule has 0 aliphatic heterocycles. The van der Waals surface area contributed by atoms with Gasteiger partial charge < -0.3 is 0 Å². The van der Waals surface area contributed by atoms with Gasteiger partial charge in [0.25, 0.3) is 0 Å². The fraction of sp³-hybridized carbons (Fsp3) is 0.857. The zero-order valence-electron chi connectivity index (χ0n) is 8.97. The molecule has 5 unspecified atom stereocenters. The van der Waals surface area contributed by atoms with Crippen molar-refractivity contribution < 1.29 is 0 Å². The van der Waals surface area contributed by atoms with Crippen LogP contribution in [-0.4, -0.2) is 0 Å². The second kappa shape index (κ2) is 1.64. The van der Waals surface area contributed by atoms with Crippen molar-refractivity contribution in [3.8, 4) is 0 Å². The fourth-order valence-corrected chi connectivity index (χ4v) is 6.41. The molecule has 5 rings (SSSR count). The molecule has 14 heavy (non-hydrogen) atoms. The summed E-state index contributed by atoms with van der Waals surface area (Å²) in [6, 6.07) is 0. The van der Waals surface area contributed by atoms with Crippen molar-refractivity contribution in [3.63, 3.8) is 0 Å². The maximum absolute atomic E-state index is 2.48. The summed E-state index contributed by atoms with van der Waals surface area (Å²) in [5.41, 5.74) is 5.70. The SMILES string of the molecule is CC1CCC2C34CCC(C3)C3=C4C32C1. The molecule has 0 amide bonds. The van der Waals surface area contributed by atoms with Crippen LogP contribution in [0.4, 0.5) is 0 Å². The Morgan fingerprint density at radius 3 is 2.93 bits per heavy atom. The average Bonchev–Trinajstić information content (AvgIpc) is 2.57. The van der Waals surface area contributed by atoms with Crippen LogP contribution in [0.25, 0.3) is 0 Å². The van der Waals surface area contributed by atoms with Gasteiger partial charge in [0.1, 0.15) is 0 Å². The molecule has 0 heterocycles. The molecular weight excluding hydrogens is 168 g/mol. The Kier molecular flexibility index (Phi) is 0.829. The van der Waals surface area contributed by atoms with Crippen LogP contribution < -0.4 is 0 Å². The molecule has 0 heteroatoms. The molecule has 0 aromatic heterocycles. The van der Waals surface area contributed by atoms with Crippen molar-refractivity contribution in [1.82, 2.24) is 0 Å². The van der Waals surface area contributed by atoms with Gasteiger partial charge in [-0.25, -0.2) is 0 Å². The lowest BCUT2D eigenvalue weighted by molar-refractivity contribution is -0.0225. The summed E-state index contributed by atoms with van der Waals surface area (Å²) >= 11 is 0. The molecule has 3 fully saturated rings. The maximum atomic E-state index is 2.48. The molecule has 0 aromatic carbocycles. The van der Waals surface area contributed by atoms with Crippen molar-refractivity contribution in [2.45, 2.75) is 45.4 Å². The normalized spacial score (nSPS) is 66.2. The van der Waals surface area contributed by atoms with Gasteiger partial charge in [-0.15, -0.1) is 0 Å². The van der Waals surface area contributed by atoms with Gasteiger partial charge in [-0.3, -0.25) is 0 Å². The van der Waals surface area contributed by atoms with Gasteiger partial charge in [0.05, 0.1) is 0 Å². The van der Waals surface area contributed by atoms with E-state index in [1.807, 2.05) is 11.1 Å². The second-order valence-corrected chi connectivity index (χ2v) is 6.80. The van der Waals surface area contributed by atoms with E-state index < -0.39 is 0 Å². The van der Waals surface area contributed by atoms with Gasteiger partial charge in [-0.05, 0) is 55.3 Å². The highest BCUT2D eigenvalue weighted by molar-refractivity contribution is 5.69. The molecule has 5 aliphatic rings. The summed E-state index contributed by atoms with van der Waals surface area (Å²) < 4.78 is 0. The van der Waals surface area contributed by atoms with Crippen LogP contribution in [0.5, 0.6) is 0 Å². The van der Waals surface area contributed by atoms with E-state index in [-0.39, 0.29) is 0 Å². The highest BCUT2D eigenvalue weighted by atomic mass is 14.9. The monoisotopic (exact) mass is 186 g/mol. The van der Waals surface area contributed by atoms with E-state index in [0.29, 0.717) is 0 Å². The van der Waals surface area contributed by atoms with Crippen molar-refractivity contribution in [2.24, 2.45) is 28.6 Å². The fourth-order valence-electron chi connectivity index (χ4n) is 6.41. The highest BCUT2D eigenvalue weighted by Crippen LogP contribution is 2.93. The van der Waals surface area contributed by atoms with Gasteiger partial charge in [-0.1, -0.05) is 24.5 Å². The van der Waals surface area contributed by atoms with Crippen LogP contribution in [0.1, 0.15) is 45.4 Å². The zero-order valence-corrected chi connectivity index (χ0v) is 8.97. The summed E-state index contributed by atoms with van der Waals surface area (Å²) in [4.78, 5) is 0. The summed E-state index contributed by atoms with van der Waals surface area (Å²) in [5, 5.41) is 0. The summed E-state index contributed by atoms with van der Waals surface area (Å²) in [6.45, 7) is 2.48. The number of rotatable bonds is 0. The van der Waals surface area contributed by atoms with Crippen molar-refractivity contribution in [2.75, 3.05) is 0 Å². The summed E-state index contributed by atoms with van der Waals surface area (Å²) in [6.07, 6.45) is 9.39. The van der Waals surface area contributed by atoms with E-state index in [2.05, 4.69) is 6.92 Å². The molecule has 0 N–H and O–H groups in total. The zero-order chi connectivity index (χ0) is 9.13. The third-order valence-electron chi connectivity index (χ3n) is 6.47. The van der Waals surface area contributed by atoms with E-state index in [9.17, 15) is 0 Å². The predicted octanol–water partition coefficient (Wildman–Crippen LogP) is 3.53. The van der Waals surface area contributed by atoms with Crippen molar-refractivity contribution in [1.29, 1.82) is 0 Å². The molecular formula is C14H18. The van der Waals surface area contributed by atoms with Gasteiger partial charge in [0.15, 0.2) is 0 Å². The number of allylic oxidation sites excluding steroid dienone is 2. The molecule has 5 aliphatic carbocycles. The lowest BCUT2D eigenvalue weighted by Crippen LogP contribution is -2.52. The lowest BCUT2D eigenvalue weighted by atomic mass is 9.44. The average molecular weight is 186 g/mol. The lowest BCUT2D eigenvalue weighted by Gasteiger charge is -2.59. The number of fused-ring (bicyclic) bond motifs is 2. The van der Waals surface area contributed by atoms with E-state index >= 15 is 0 Å². The molecule has 74 valence electrons. The number of hydrogen-bond acceptors (Lipinski definition) is 0. The van der Waals surface area contributed by atoms with Crippen LogP contribution in [0.2, 0.25) is 0 Å². The van der Waals surface area contributed by atoms with Crippen LogP contribution in [0, 0.1) is 28.6 Å². The minimum atomic E-state index is 0.803. The van der Waals surface area contributed by atoms with Gasteiger partial charge in [0, 0.05) is 5.41 Å². The summed E-state index contributed by atoms with van der Waals surface area (Å²) in [5.74, 6) is 3.26. The first-order valence-corrected chi connectivity index (χ1v) is 6.55. The largest absolute Gasteiger partial charge is 0.0625 e.